The van der Waals surface area contributed by atoms with Crippen LogP contribution in [0.15, 0.2) is 12.7 Å². The molecule has 1 nitrogen and oxygen atoms in total. The zero-order chi connectivity index (χ0) is 5.86. The Bertz CT molecular complexity index is 61.1. The van der Waals surface area contributed by atoms with Crippen LogP contribution in [0.2, 0.25) is 0 Å². The Balaban J connectivity index is 3.33. The van der Waals surface area contributed by atoms with Crippen LogP contribution in [0.3, 0.4) is 0 Å². The van der Waals surface area contributed by atoms with Crippen molar-refractivity contribution in [2.24, 2.45) is 0 Å². The van der Waals surface area contributed by atoms with E-state index in [2.05, 4.69) is 6.58 Å². The van der Waals surface area contributed by atoms with E-state index in [-0.39, 0.29) is 5.50 Å². The molecule has 0 aliphatic heterocycles. The second kappa shape index (κ2) is 3.05. The summed E-state index contributed by atoms with van der Waals surface area (Å²) >= 11 is 5.61. The van der Waals surface area contributed by atoms with E-state index in [1.807, 2.05) is 19.0 Å². The molecule has 1 atom stereocenters. The lowest BCUT2D eigenvalue weighted by Gasteiger charge is -2.11. The van der Waals surface area contributed by atoms with E-state index in [0.717, 1.165) is 0 Å². The van der Waals surface area contributed by atoms with Gasteiger partial charge in [0, 0.05) is 0 Å². The molecule has 2 heteroatoms. The summed E-state index contributed by atoms with van der Waals surface area (Å²) in [7, 11) is 3.80. The van der Waals surface area contributed by atoms with Crippen molar-refractivity contribution in [2.45, 2.75) is 5.50 Å². The third-order valence-electron chi connectivity index (χ3n) is 0.688. The number of alkyl halides is 1. The minimum absolute atomic E-state index is 0.0278. The first kappa shape index (κ1) is 6.99. The monoisotopic (exact) mass is 119 g/mol. The van der Waals surface area contributed by atoms with Gasteiger partial charge in [-0.25, -0.2) is 0 Å². The number of hydrogen-bond donors (Lipinski definition) is 0. The average molecular weight is 120 g/mol. The van der Waals surface area contributed by atoms with Gasteiger partial charge in [0.25, 0.3) is 0 Å². The first-order valence-electron chi connectivity index (χ1n) is 2.11. The van der Waals surface area contributed by atoms with Gasteiger partial charge in [-0.3, -0.25) is 4.90 Å². The topological polar surface area (TPSA) is 3.24 Å². The Morgan fingerprint density at radius 1 is 1.71 bits per heavy atom. The molecule has 0 aliphatic carbocycles. The van der Waals surface area contributed by atoms with Crippen LogP contribution in [0.4, 0.5) is 0 Å². The normalized spacial score (nSPS) is 14.3. The van der Waals surface area contributed by atoms with Gasteiger partial charge < -0.3 is 0 Å². The van der Waals surface area contributed by atoms with Crippen LogP contribution >= 0.6 is 11.6 Å². The highest BCUT2D eigenvalue weighted by molar-refractivity contribution is 6.21. The van der Waals surface area contributed by atoms with Crippen molar-refractivity contribution in [1.82, 2.24) is 4.90 Å². The molecule has 0 spiro atoms. The van der Waals surface area contributed by atoms with Gasteiger partial charge in [0.1, 0.15) is 5.50 Å². The molecule has 0 aromatic heterocycles. The SMILES string of the molecule is C=CC(Cl)N(C)C. The predicted molar refractivity (Wildman–Crippen MR) is 33.5 cm³/mol. The summed E-state index contributed by atoms with van der Waals surface area (Å²) < 4.78 is 0. The van der Waals surface area contributed by atoms with Crippen LogP contribution < -0.4 is 0 Å². The Morgan fingerprint density at radius 2 is 2.14 bits per heavy atom. The van der Waals surface area contributed by atoms with Gasteiger partial charge in [-0.05, 0) is 14.1 Å². The second-order valence-electron chi connectivity index (χ2n) is 1.57. The van der Waals surface area contributed by atoms with Crippen LogP contribution in [-0.2, 0) is 0 Å². The lowest BCUT2D eigenvalue weighted by Crippen LogP contribution is -2.19. The number of rotatable bonds is 2. The molecule has 0 aromatic rings. The summed E-state index contributed by atoms with van der Waals surface area (Å²) in [6.45, 7) is 3.51. The smallest absolute Gasteiger partial charge is 0.103 e. The van der Waals surface area contributed by atoms with Crippen molar-refractivity contribution >= 4 is 11.6 Å². The summed E-state index contributed by atoms with van der Waals surface area (Å²) in [5.41, 5.74) is -0.0278. The lowest BCUT2D eigenvalue weighted by molar-refractivity contribution is 0.422. The highest BCUT2D eigenvalue weighted by Crippen LogP contribution is 1.97. The maximum atomic E-state index is 5.61. The Labute approximate surface area is 49.6 Å². The van der Waals surface area contributed by atoms with Gasteiger partial charge >= 0.3 is 0 Å². The maximum Gasteiger partial charge on any atom is 0.103 e. The van der Waals surface area contributed by atoms with E-state index in [1.165, 1.54) is 0 Å². The highest BCUT2D eigenvalue weighted by Gasteiger charge is 1.96. The lowest BCUT2D eigenvalue weighted by atomic mass is 10.6. The zero-order valence-corrected chi connectivity index (χ0v) is 5.44. The fraction of sp³-hybridized carbons (Fsp3) is 0.600. The molecule has 0 N–H and O–H groups in total. The Hall–Kier alpha value is -0.0100. The quantitative estimate of drug-likeness (QED) is 0.301. The average Bonchev–Trinajstić information content (AvgIpc) is 1.65. The zero-order valence-electron chi connectivity index (χ0n) is 4.69. The van der Waals surface area contributed by atoms with Crippen molar-refractivity contribution in [1.29, 1.82) is 0 Å². The van der Waals surface area contributed by atoms with Gasteiger partial charge in [0.05, 0.1) is 0 Å². The minimum Gasteiger partial charge on any atom is -0.290 e. The van der Waals surface area contributed by atoms with Crippen LogP contribution in [-0.4, -0.2) is 24.5 Å². The summed E-state index contributed by atoms with van der Waals surface area (Å²) in [5, 5.41) is 0. The van der Waals surface area contributed by atoms with Crippen LogP contribution in [0.1, 0.15) is 0 Å². The van der Waals surface area contributed by atoms with Crippen LogP contribution in [0.5, 0.6) is 0 Å². The van der Waals surface area contributed by atoms with Crippen molar-refractivity contribution in [2.75, 3.05) is 14.1 Å². The molecule has 0 bridgehead atoms. The van der Waals surface area contributed by atoms with Gasteiger partial charge in [-0.2, -0.15) is 0 Å². The number of hydrogen-bond acceptors (Lipinski definition) is 1. The van der Waals surface area contributed by atoms with Crippen molar-refractivity contribution in [3.63, 3.8) is 0 Å². The Kier molecular flexibility index (Phi) is 3.05. The molecule has 0 radical (unpaired) electrons. The van der Waals surface area contributed by atoms with E-state index in [1.54, 1.807) is 6.08 Å². The standard InChI is InChI=1S/C5H10ClN/c1-4-5(6)7(2)3/h4-5H,1H2,2-3H3. The molecule has 0 saturated heterocycles. The fourth-order valence-corrected chi connectivity index (χ4v) is 0.211. The number of halogens is 1. The minimum atomic E-state index is -0.0278. The largest absolute Gasteiger partial charge is 0.290 e. The molecule has 7 heavy (non-hydrogen) atoms. The third-order valence-corrected chi connectivity index (χ3v) is 1.26. The third kappa shape index (κ3) is 2.66. The fourth-order valence-electron chi connectivity index (χ4n) is 0.211. The van der Waals surface area contributed by atoms with E-state index < -0.39 is 0 Å². The van der Waals surface area contributed by atoms with Crippen molar-refractivity contribution in [3.05, 3.63) is 12.7 Å². The molecule has 0 aromatic carbocycles. The van der Waals surface area contributed by atoms with Crippen molar-refractivity contribution < 1.29 is 0 Å². The molecular formula is C5H10ClN. The maximum absolute atomic E-state index is 5.61. The first-order valence-corrected chi connectivity index (χ1v) is 2.55. The summed E-state index contributed by atoms with van der Waals surface area (Å²) in [6.07, 6.45) is 1.68. The molecule has 0 saturated carbocycles. The summed E-state index contributed by atoms with van der Waals surface area (Å²) in [6, 6.07) is 0. The van der Waals surface area contributed by atoms with Gasteiger partial charge in [-0.15, -0.1) is 18.2 Å². The second-order valence-corrected chi connectivity index (χ2v) is 2.02. The van der Waals surface area contributed by atoms with Crippen LogP contribution in [0.25, 0.3) is 0 Å². The van der Waals surface area contributed by atoms with E-state index in [4.69, 9.17) is 11.6 Å². The predicted octanol–water partition coefficient (Wildman–Crippen LogP) is 1.30. The summed E-state index contributed by atoms with van der Waals surface area (Å²) in [4.78, 5) is 1.87. The van der Waals surface area contributed by atoms with Crippen LogP contribution in [0, 0.1) is 0 Å². The van der Waals surface area contributed by atoms with E-state index in [0.29, 0.717) is 0 Å². The van der Waals surface area contributed by atoms with Crippen molar-refractivity contribution in [3.8, 4) is 0 Å². The van der Waals surface area contributed by atoms with Gasteiger partial charge in [0.2, 0.25) is 0 Å². The molecule has 42 valence electrons. The number of likely N-dealkylation sites (N-methyl/N-ethyl adjacent to an activating group) is 1. The molecule has 0 aliphatic rings. The van der Waals surface area contributed by atoms with E-state index >= 15 is 0 Å². The molecule has 0 amide bonds. The van der Waals surface area contributed by atoms with Gasteiger partial charge in [-0.1, -0.05) is 6.08 Å². The Morgan fingerprint density at radius 3 is 2.14 bits per heavy atom. The number of nitrogens with zero attached hydrogens (tertiary/aromatic N) is 1. The molecular weight excluding hydrogens is 110 g/mol. The van der Waals surface area contributed by atoms with Gasteiger partial charge in [0.15, 0.2) is 0 Å². The summed E-state index contributed by atoms with van der Waals surface area (Å²) in [5.74, 6) is 0. The molecule has 0 rings (SSSR count). The molecule has 0 fully saturated rings. The van der Waals surface area contributed by atoms with E-state index in [9.17, 15) is 0 Å². The molecule has 1 unspecified atom stereocenters. The molecule has 0 heterocycles. The highest BCUT2D eigenvalue weighted by atomic mass is 35.5. The first-order chi connectivity index (χ1) is 3.18.